The fourth-order valence-corrected chi connectivity index (χ4v) is 2.76. The number of likely N-dealkylation sites (tertiary alicyclic amines) is 1. The highest BCUT2D eigenvalue weighted by atomic mass is 16.5. The largest absolute Gasteiger partial charge is 0.468 e. The molecule has 3 nitrogen and oxygen atoms in total. The summed E-state index contributed by atoms with van der Waals surface area (Å²) < 4.78 is 4.79. The molecule has 1 unspecified atom stereocenters. The van der Waals surface area contributed by atoms with Gasteiger partial charge in [-0.1, -0.05) is 19.3 Å². The van der Waals surface area contributed by atoms with E-state index < -0.39 is 0 Å². The summed E-state index contributed by atoms with van der Waals surface area (Å²) in [6, 6.07) is 0.0666. The van der Waals surface area contributed by atoms with Crippen molar-refractivity contribution in [2.75, 3.05) is 20.2 Å². The molecular formula is C12H21NO2. The summed E-state index contributed by atoms with van der Waals surface area (Å²) in [6.45, 7) is 2.19. The molecule has 1 saturated carbocycles. The smallest absolute Gasteiger partial charge is 0.323 e. The molecular weight excluding hydrogens is 190 g/mol. The topological polar surface area (TPSA) is 29.5 Å². The number of methoxy groups -OCH3 is 1. The number of carbonyl (C=O) groups is 1. The first-order chi connectivity index (χ1) is 7.31. The van der Waals surface area contributed by atoms with Crippen LogP contribution in [0.1, 0.15) is 38.5 Å². The Kier molecular flexibility index (Phi) is 3.62. The molecule has 1 aliphatic heterocycles. The third-order valence-corrected chi connectivity index (χ3v) is 3.82. The van der Waals surface area contributed by atoms with Crippen LogP contribution in [-0.2, 0) is 9.53 Å². The molecule has 2 aliphatic rings. The van der Waals surface area contributed by atoms with Crippen molar-refractivity contribution in [1.29, 1.82) is 0 Å². The van der Waals surface area contributed by atoms with Crippen LogP contribution in [0.3, 0.4) is 0 Å². The maximum Gasteiger partial charge on any atom is 0.323 e. The van der Waals surface area contributed by atoms with Crippen LogP contribution < -0.4 is 0 Å². The quantitative estimate of drug-likeness (QED) is 0.667. The lowest BCUT2D eigenvalue weighted by atomic mass is 9.87. The van der Waals surface area contributed by atoms with E-state index in [2.05, 4.69) is 4.90 Å². The van der Waals surface area contributed by atoms with Gasteiger partial charge in [0.05, 0.1) is 7.11 Å². The summed E-state index contributed by atoms with van der Waals surface area (Å²) in [5.74, 6) is 0.781. The molecule has 0 aromatic heterocycles. The Hall–Kier alpha value is -0.570. The SMILES string of the molecule is COC(=O)C1CCN1CC1CCCCC1. The van der Waals surface area contributed by atoms with Gasteiger partial charge in [0, 0.05) is 13.1 Å². The number of ether oxygens (including phenoxy) is 1. The third-order valence-electron chi connectivity index (χ3n) is 3.82. The summed E-state index contributed by atoms with van der Waals surface area (Å²) in [6.07, 6.45) is 7.84. The number of esters is 1. The molecule has 1 atom stereocenters. The number of rotatable bonds is 3. The van der Waals surface area contributed by atoms with Crippen molar-refractivity contribution < 1.29 is 9.53 Å². The monoisotopic (exact) mass is 211 g/mol. The fraction of sp³-hybridized carbons (Fsp3) is 0.917. The number of nitrogens with zero attached hydrogens (tertiary/aromatic N) is 1. The van der Waals surface area contributed by atoms with E-state index in [1.54, 1.807) is 0 Å². The van der Waals surface area contributed by atoms with E-state index >= 15 is 0 Å². The first-order valence-corrected chi connectivity index (χ1v) is 6.13. The van der Waals surface area contributed by atoms with E-state index in [-0.39, 0.29) is 12.0 Å². The second kappa shape index (κ2) is 4.97. The summed E-state index contributed by atoms with van der Waals surface area (Å²) in [5.41, 5.74) is 0. The van der Waals surface area contributed by atoms with Gasteiger partial charge in [-0.3, -0.25) is 9.69 Å². The van der Waals surface area contributed by atoms with Crippen LogP contribution in [0.4, 0.5) is 0 Å². The predicted molar refractivity (Wildman–Crippen MR) is 58.6 cm³/mol. The van der Waals surface area contributed by atoms with E-state index in [1.165, 1.54) is 39.2 Å². The highest BCUT2D eigenvalue weighted by Gasteiger charge is 2.36. The molecule has 15 heavy (non-hydrogen) atoms. The van der Waals surface area contributed by atoms with Gasteiger partial charge in [0.25, 0.3) is 0 Å². The van der Waals surface area contributed by atoms with Crippen molar-refractivity contribution in [3.05, 3.63) is 0 Å². The minimum absolute atomic E-state index is 0.0444. The van der Waals surface area contributed by atoms with E-state index in [1.807, 2.05) is 0 Å². The molecule has 3 heteroatoms. The zero-order chi connectivity index (χ0) is 10.7. The molecule has 0 N–H and O–H groups in total. The normalized spacial score (nSPS) is 28.5. The molecule has 2 rings (SSSR count). The number of hydrogen-bond donors (Lipinski definition) is 0. The molecule has 0 amide bonds. The molecule has 0 spiro atoms. The van der Waals surface area contributed by atoms with E-state index in [4.69, 9.17) is 4.74 Å². The second-order valence-electron chi connectivity index (χ2n) is 4.83. The Morgan fingerprint density at radius 1 is 1.27 bits per heavy atom. The van der Waals surface area contributed by atoms with Crippen LogP contribution in [0, 0.1) is 5.92 Å². The van der Waals surface area contributed by atoms with Gasteiger partial charge in [-0.15, -0.1) is 0 Å². The zero-order valence-electron chi connectivity index (χ0n) is 9.58. The standard InChI is InChI=1S/C12H21NO2/c1-15-12(14)11-7-8-13(11)9-10-5-3-2-4-6-10/h10-11H,2-9H2,1H3. The molecule has 1 aliphatic carbocycles. The van der Waals surface area contributed by atoms with Crippen molar-refractivity contribution in [3.63, 3.8) is 0 Å². The van der Waals surface area contributed by atoms with Crippen molar-refractivity contribution in [2.45, 2.75) is 44.6 Å². The van der Waals surface area contributed by atoms with Crippen LogP contribution in [-0.4, -0.2) is 37.1 Å². The average Bonchev–Trinajstić information content (AvgIpc) is 2.25. The van der Waals surface area contributed by atoms with Crippen LogP contribution in [0.25, 0.3) is 0 Å². The lowest BCUT2D eigenvalue weighted by Gasteiger charge is -2.41. The number of carbonyl (C=O) groups excluding carboxylic acids is 1. The fourth-order valence-electron chi connectivity index (χ4n) is 2.76. The van der Waals surface area contributed by atoms with Gasteiger partial charge in [0.15, 0.2) is 0 Å². The lowest BCUT2D eigenvalue weighted by Crippen LogP contribution is -2.54. The van der Waals surface area contributed by atoms with Crippen LogP contribution in [0.2, 0.25) is 0 Å². The lowest BCUT2D eigenvalue weighted by molar-refractivity contribution is -0.152. The van der Waals surface area contributed by atoms with Crippen LogP contribution >= 0.6 is 0 Å². The van der Waals surface area contributed by atoms with Gasteiger partial charge in [-0.2, -0.15) is 0 Å². The van der Waals surface area contributed by atoms with Crippen LogP contribution in [0.15, 0.2) is 0 Å². The molecule has 0 aromatic rings. The molecule has 0 bridgehead atoms. The van der Waals surface area contributed by atoms with Crippen LogP contribution in [0.5, 0.6) is 0 Å². The van der Waals surface area contributed by atoms with E-state index in [0.717, 1.165) is 25.4 Å². The Morgan fingerprint density at radius 3 is 2.53 bits per heavy atom. The van der Waals surface area contributed by atoms with Gasteiger partial charge >= 0.3 is 5.97 Å². The molecule has 1 heterocycles. The maximum atomic E-state index is 11.4. The molecule has 86 valence electrons. The molecule has 2 fully saturated rings. The second-order valence-corrected chi connectivity index (χ2v) is 4.83. The highest BCUT2D eigenvalue weighted by molar-refractivity contribution is 5.76. The summed E-state index contributed by atoms with van der Waals surface area (Å²) in [5, 5.41) is 0. The van der Waals surface area contributed by atoms with Crippen molar-refractivity contribution >= 4 is 5.97 Å². The van der Waals surface area contributed by atoms with Crippen molar-refractivity contribution in [1.82, 2.24) is 4.90 Å². The van der Waals surface area contributed by atoms with Gasteiger partial charge in [-0.05, 0) is 25.2 Å². The maximum absolute atomic E-state index is 11.4. The summed E-state index contributed by atoms with van der Waals surface area (Å²) >= 11 is 0. The van der Waals surface area contributed by atoms with E-state index in [9.17, 15) is 4.79 Å². The Labute approximate surface area is 91.8 Å². The van der Waals surface area contributed by atoms with Gasteiger partial charge < -0.3 is 4.74 Å². The predicted octanol–water partition coefficient (Wildman–Crippen LogP) is 1.81. The van der Waals surface area contributed by atoms with Gasteiger partial charge in [0.2, 0.25) is 0 Å². The first kappa shape index (κ1) is 10.9. The molecule has 1 saturated heterocycles. The molecule has 0 aromatic carbocycles. The first-order valence-electron chi connectivity index (χ1n) is 6.13. The zero-order valence-corrected chi connectivity index (χ0v) is 9.58. The van der Waals surface area contributed by atoms with E-state index in [0.29, 0.717) is 0 Å². The minimum atomic E-state index is -0.0444. The summed E-state index contributed by atoms with van der Waals surface area (Å²) in [7, 11) is 1.49. The Morgan fingerprint density at radius 2 is 2.00 bits per heavy atom. The van der Waals surface area contributed by atoms with Gasteiger partial charge in [0.1, 0.15) is 6.04 Å². The Bertz CT molecular complexity index is 224. The highest BCUT2D eigenvalue weighted by Crippen LogP contribution is 2.28. The number of hydrogen-bond acceptors (Lipinski definition) is 3. The minimum Gasteiger partial charge on any atom is -0.468 e. The summed E-state index contributed by atoms with van der Waals surface area (Å²) in [4.78, 5) is 13.7. The van der Waals surface area contributed by atoms with Gasteiger partial charge in [-0.25, -0.2) is 0 Å². The van der Waals surface area contributed by atoms with Crippen molar-refractivity contribution in [3.8, 4) is 0 Å². The third kappa shape index (κ3) is 2.51. The average molecular weight is 211 g/mol. The Balaban J connectivity index is 1.76. The van der Waals surface area contributed by atoms with Crippen molar-refractivity contribution in [2.24, 2.45) is 5.92 Å². The molecule has 0 radical (unpaired) electrons.